The first-order valence-corrected chi connectivity index (χ1v) is 9.59. The molecule has 2 aliphatic heterocycles. The summed E-state index contributed by atoms with van der Waals surface area (Å²) >= 11 is 5.76. The van der Waals surface area contributed by atoms with Crippen LogP contribution in [0.4, 0.5) is 5.69 Å². The van der Waals surface area contributed by atoms with Gasteiger partial charge in [0.2, 0.25) is 6.79 Å². The van der Waals surface area contributed by atoms with Gasteiger partial charge in [0.25, 0.3) is 0 Å². The molecule has 1 saturated heterocycles. The highest BCUT2D eigenvalue weighted by atomic mass is 32.1. The lowest BCUT2D eigenvalue weighted by Gasteiger charge is -2.28. The highest BCUT2D eigenvalue weighted by molar-refractivity contribution is 7.80. The molecule has 4 heterocycles. The van der Waals surface area contributed by atoms with E-state index in [0.717, 1.165) is 34.3 Å². The van der Waals surface area contributed by atoms with Gasteiger partial charge in [-0.25, -0.2) is 0 Å². The molecule has 0 bridgehead atoms. The Morgan fingerprint density at radius 3 is 2.71 bits per heavy atom. The molecule has 1 aromatic carbocycles. The van der Waals surface area contributed by atoms with E-state index in [9.17, 15) is 0 Å². The van der Waals surface area contributed by atoms with E-state index in [0.29, 0.717) is 5.11 Å². The number of benzene rings is 1. The van der Waals surface area contributed by atoms with Crippen LogP contribution >= 0.6 is 12.2 Å². The van der Waals surface area contributed by atoms with Crippen LogP contribution in [-0.2, 0) is 0 Å². The Labute approximate surface area is 168 Å². The lowest BCUT2D eigenvalue weighted by Crippen LogP contribution is -2.29. The van der Waals surface area contributed by atoms with Crippen molar-refractivity contribution in [2.24, 2.45) is 0 Å². The number of rotatable bonds is 3. The first-order chi connectivity index (χ1) is 13.6. The summed E-state index contributed by atoms with van der Waals surface area (Å²) in [6, 6.07) is 14.0. The molecule has 28 heavy (non-hydrogen) atoms. The van der Waals surface area contributed by atoms with Gasteiger partial charge in [-0.15, -0.1) is 0 Å². The van der Waals surface area contributed by atoms with Crippen molar-refractivity contribution in [3.8, 4) is 11.5 Å². The summed E-state index contributed by atoms with van der Waals surface area (Å²) in [6.07, 6.45) is 1.82. The second-order valence-electron chi connectivity index (χ2n) is 7.07. The first kappa shape index (κ1) is 17.1. The van der Waals surface area contributed by atoms with Gasteiger partial charge < -0.3 is 24.7 Å². The zero-order chi connectivity index (χ0) is 19.3. The number of nitrogens with zero attached hydrogens (tertiary/aromatic N) is 2. The van der Waals surface area contributed by atoms with Gasteiger partial charge in [-0.3, -0.25) is 4.98 Å². The number of thiocarbonyl (C=S) groups is 1. The number of nitrogens with one attached hydrogen (secondary N) is 2. The van der Waals surface area contributed by atoms with Gasteiger partial charge in [0.1, 0.15) is 0 Å². The number of aromatic amines is 1. The molecule has 2 aliphatic rings. The fraction of sp³-hybridized carbons (Fsp3) is 0.238. The van der Waals surface area contributed by atoms with Gasteiger partial charge in [-0.05, 0) is 62.0 Å². The number of aryl methyl sites for hydroxylation is 2. The van der Waals surface area contributed by atoms with E-state index in [-0.39, 0.29) is 18.9 Å². The minimum absolute atomic E-state index is 0.0345. The van der Waals surface area contributed by atoms with Crippen molar-refractivity contribution < 1.29 is 9.47 Å². The molecular weight excluding hydrogens is 372 g/mol. The highest BCUT2D eigenvalue weighted by Crippen LogP contribution is 2.45. The predicted molar refractivity (Wildman–Crippen MR) is 111 cm³/mol. The van der Waals surface area contributed by atoms with Crippen LogP contribution in [0.3, 0.4) is 0 Å². The number of aromatic nitrogens is 2. The quantitative estimate of drug-likeness (QED) is 0.659. The van der Waals surface area contributed by atoms with Gasteiger partial charge in [0.05, 0.1) is 17.8 Å². The normalized spacial score (nSPS) is 20.5. The minimum Gasteiger partial charge on any atom is -0.454 e. The van der Waals surface area contributed by atoms with E-state index in [1.807, 2.05) is 42.6 Å². The topological polar surface area (TPSA) is 62.4 Å². The molecule has 0 amide bonds. The maximum absolute atomic E-state index is 5.76. The van der Waals surface area contributed by atoms with Crippen LogP contribution in [0, 0.1) is 13.8 Å². The summed E-state index contributed by atoms with van der Waals surface area (Å²) in [4.78, 5) is 10.2. The van der Waals surface area contributed by atoms with E-state index in [1.54, 1.807) is 0 Å². The third-order valence-electron chi connectivity index (χ3n) is 5.24. The lowest BCUT2D eigenvalue weighted by molar-refractivity contribution is 0.174. The fourth-order valence-corrected chi connectivity index (χ4v) is 4.38. The third-order valence-corrected chi connectivity index (χ3v) is 5.56. The Morgan fingerprint density at radius 2 is 1.96 bits per heavy atom. The number of fused-ring (bicyclic) bond motifs is 1. The largest absolute Gasteiger partial charge is 0.454 e. The molecule has 142 valence electrons. The van der Waals surface area contributed by atoms with E-state index < -0.39 is 0 Å². The minimum atomic E-state index is -0.0620. The lowest BCUT2D eigenvalue weighted by atomic mass is 9.96. The van der Waals surface area contributed by atoms with E-state index >= 15 is 0 Å². The molecule has 6 nitrogen and oxygen atoms in total. The van der Waals surface area contributed by atoms with Crippen LogP contribution < -0.4 is 19.7 Å². The van der Waals surface area contributed by atoms with Crippen molar-refractivity contribution in [1.29, 1.82) is 0 Å². The fourth-order valence-electron chi connectivity index (χ4n) is 4.04. The summed E-state index contributed by atoms with van der Waals surface area (Å²) in [5.41, 5.74) is 5.36. The summed E-state index contributed by atoms with van der Waals surface area (Å²) in [5.74, 6) is 1.50. The number of pyridine rings is 1. The second-order valence-corrected chi connectivity index (χ2v) is 7.45. The number of anilines is 1. The zero-order valence-corrected chi connectivity index (χ0v) is 16.4. The Balaban J connectivity index is 1.64. The average molecular weight is 392 g/mol. The maximum atomic E-state index is 5.76. The van der Waals surface area contributed by atoms with Crippen LogP contribution in [0.1, 0.15) is 34.7 Å². The van der Waals surface area contributed by atoms with Crippen molar-refractivity contribution in [1.82, 2.24) is 15.3 Å². The number of H-pyrrole nitrogens is 1. The van der Waals surface area contributed by atoms with Crippen LogP contribution in [0.15, 0.2) is 48.7 Å². The molecular formula is C21H20N4O2S. The Bertz CT molecular complexity index is 1050. The van der Waals surface area contributed by atoms with E-state index in [2.05, 4.69) is 40.1 Å². The smallest absolute Gasteiger partial charge is 0.231 e. The molecule has 0 spiro atoms. The van der Waals surface area contributed by atoms with Gasteiger partial charge in [-0.2, -0.15) is 0 Å². The summed E-state index contributed by atoms with van der Waals surface area (Å²) in [6.45, 7) is 4.41. The molecule has 2 unspecified atom stereocenters. The second kappa shape index (κ2) is 6.53. The van der Waals surface area contributed by atoms with Crippen molar-refractivity contribution in [3.63, 3.8) is 0 Å². The Hall–Kier alpha value is -3.06. The van der Waals surface area contributed by atoms with Crippen molar-refractivity contribution in [2.45, 2.75) is 25.9 Å². The zero-order valence-electron chi connectivity index (χ0n) is 15.6. The standard InChI is InChI=1S/C21H20N4O2S/c1-12-9-15(13(2)23-12)20-19(16-5-3-4-8-22-16)24-21(28)25(20)14-6-7-17-18(10-14)27-11-26-17/h3-10,19-20,23H,11H2,1-2H3,(H,24,28). The monoisotopic (exact) mass is 392 g/mol. The molecule has 1 fully saturated rings. The van der Waals surface area contributed by atoms with Crippen molar-refractivity contribution in [2.75, 3.05) is 11.7 Å². The van der Waals surface area contributed by atoms with Crippen LogP contribution in [0.5, 0.6) is 11.5 Å². The number of ether oxygens (including phenoxy) is 2. The SMILES string of the molecule is Cc1cc(C2C(c3ccccn3)NC(=S)N2c2ccc3c(c2)OCO3)c(C)[nH]1. The molecule has 2 aromatic heterocycles. The highest BCUT2D eigenvalue weighted by Gasteiger charge is 2.42. The predicted octanol–water partition coefficient (Wildman–Crippen LogP) is 3.93. The van der Waals surface area contributed by atoms with Gasteiger partial charge in [0.15, 0.2) is 16.6 Å². The molecule has 2 atom stereocenters. The van der Waals surface area contributed by atoms with Crippen molar-refractivity contribution >= 4 is 23.0 Å². The molecule has 5 rings (SSSR count). The third kappa shape index (κ3) is 2.70. The molecule has 2 N–H and O–H groups in total. The summed E-state index contributed by atoms with van der Waals surface area (Å²) in [7, 11) is 0. The molecule has 0 saturated carbocycles. The Morgan fingerprint density at radius 1 is 1.11 bits per heavy atom. The molecule has 0 radical (unpaired) electrons. The van der Waals surface area contributed by atoms with E-state index in [1.165, 1.54) is 5.56 Å². The Kier molecular flexibility index (Phi) is 3.98. The maximum Gasteiger partial charge on any atom is 0.231 e. The summed E-state index contributed by atoms with van der Waals surface area (Å²) < 4.78 is 11.0. The van der Waals surface area contributed by atoms with Crippen LogP contribution in [0.25, 0.3) is 0 Å². The van der Waals surface area contributed by atoms with Crippen LogP contribution in [0.2, 0.25) is 0 Å². The number of hydrogen-bond donors (Lipinski definition) is 2. The molecule has 3 aromatic rings. The van der Waals surface area contributed by atoms with Crippen molar-refractivity contribution in [3.05, 3.63) is 71.3 Å². The molecule has 7 heteroatoms. The van der Waals surface area contributed by atoms with Gasteiger partial charge in [0, 0.05) is 29.3 Å². The average Bonchev–Trinajstić information content (AvgIpc) is 3.38. The van der Waals surface area contributed by atoms with Crippen LogP contribution in [-0.4, -0.2) is 21.9 Å². The van der Waals surface area contributed by atoms with Gasteiger partial charge >= 0.3 is 0 Å². The van der Waals surface area contributed by atoms with E-state index in [4.69, 9.17) is 21.7 Å². The van der Waals surface area contributed by atoms with Gasteiger partial charge in [-0.1, -0.05) is 6.07 Å². The number of hydrogen-bond acceptors (Lipinski definition) is 4. The molecule has 0 aliphatic carbocycles. The summed E-state index contributed by atoms with van der Waals surface area (Å²) in [5, 5.41) is 4.15. The first-order valence-electron chi connectivity index (χ1n) is 9.18.